The molecule has 17 heavy (non-hydrogen) atoms. The van der Waals surface area contributed by atoms with E-state index in [1.54, 1.807) is 0 Å². The van der Waals surface area contributed by atoms with Crippen LogP contribution in [0, 0.1) is 17.8 Å². The zero-order chi connectivity index (χ0) is 13.2. The summed E-state index contributed by atoms with van der Waals surface area (Å²) in [7, 11) is 0. The van der Waals surface area contributed by atoms with Gasteiger partial charge in [0, 0.05) is 6.42 Å². The Morgan fingerprint density at radius 2 is 1.59 bits per heavy atom. The zero-order valence-electron chi connectivity index (χ0n) is 8.70. The van der Waals surface area contributed by atoms with Gasteiger partial charge in [-0.2, -0.15) is 13.2 Å². The molecule has 5 nitrogen and oxygen atoms in total. The third-order valence-electron chi connectivity index (χ3n) is 2.92. The Kier molecular flexibility index (Phi) is 3.97. The summed E-state index contributed by atoms with van der Waals surface area (Å²) < 4.78 is 31.7. The molecule has 0 bridgehead atoms. The largest absolute Gasteiger partial charge is 0.490 e. The number of alkyl halides is 3. The second kappa shape index (κ2) is 4.91. The molecule has 1 aliphatic carbocycles. The van der Waals surface area contributed by atoms with Crippen molar-refractivity contribution in [3.05, 3.63) is 0 Å². The fraction of sp³-hybridized carbons (Fsp3) is 0.778. The van der Waals surface area contributed by atoms with Crippen LogP contribution in [0.1, 0.15) is 6.42 Å². The van der Waals surface area contributed by atoms with Crippen molar-refractivity contribution in [1.29, 1.82) is 0 Å². The summed E-state index contributed by atoms with van der Waals surface area (Å²) in [5.74, 6) is -1.52. The van der Waals surface area contributed by atoms with Crippen molar-refractivity contribution in [2.45, 2.75) is 12.6 Å². The molecule has 0 aromatic carbocycles. The standard InChI is InChI=1S/C7H11NO2.C2HF3O2/c9-7(10)1-4-5-2-8-3-6(4)5;3-2(4,5)1(6)7/h4-6,8H,1-3H2,(H,9,10);(H,6,7)/t4-,5+,6-;. The van der Waals surface area contributed by atoms with Crippen molar-refractivity contribution < 1.29 is 33.0 Å². The Morgan fingerprint density at radius 3 is 1.88 bits per heavy atom. The lowest BCUT2D eigenvalue weighted by molar-refractivity contribution is -0.192. The number of hydrogen-bond acceptors (Lipinski definition) is 3. The third-order valence-corrected chi connectivity index (χ3v) is 2.92. The van der Waals surface area contributed by atoms with Gasteiger partial charge in [0.1, 0.15) is 0 Å². The first-order valence-electron chi connectivity index (χ1n) is 4.96. The first kappa shape index (κ1) is 13.8. The number of halogens is 3. The number of hydrogen-bond donors (Lipinski definition) is 3. The van der Waals surface area contributed by atoms with E-state index in [1.807, 2.05) is 0 Å². The van der Waals surface area contributed by atoms with Crippen LogP contribution in [-0.4, -0.2) is 41.4 Å². The van der Waals surface area contributed by atoms with Gasteiger partial charge in [0.25, 0.3) is 0 Å². The molecule has 3 N–H and O–H groups in total. The minimum absolute atomic E-state index is 0.386. The van der Waals surface area contributed by atoms with Crippen LogP contribution in [0.2, 0.25) is 0 Å². The van der Waals surface area contributed by atoms with Gasteiger partial charge in [0.15, 0.2) is 0 Å². The van der Waals surface area contributed by atoms with E-state index in [2.05, 4.69) is 5.32 Å². The van der Waals surface area contributed by atoms with Gasteiger partial charge in [-0.1, -0.05) is 0 Å². The zero-order valence-corrected chi connectivity index (χ0v) is 8.70. The van der Waals surface area contributed by atoms with Crippen LogP contribution in [0.3, 0.4) is 0 Å². The van der Waals surface area contributed by atoms with E-state index in [0.717, 1.165) is 13.1 Å². The molecule has 1 saturated heterocycles. The van der Waals surface area contributed by atoms with Crippen molar-refractivity contribution in [2.24, 2.45) is 17.8 Å². The summed E-state index contributed by atoms with van der Waals surface area (Å²) in [5, 5.41) is 18.8. The van der Waals surface area contributed by atoms with Crippen molar-refractivity contribution in [2.75, 3.05) is 13.1 Å². The van der Waals surface area contributed by atoms with E-state index in [9.17, 15) is 18.0 Å². The number of fused-ring (bicyclic) bond motifs is 1. The van der Waals surface area contributed by atoms with Crippen molar-refractivity contribution in [3.8, 4) is 0 Å². The molecule has 2 rings (SSSR count). The lowest BCUT2D eigenvalue weighted by atomic mass is 10.2. The normalized spacial score (nSPS) is 29.9. The number of aliphatic carboxylic acids is 2. The summed E-state index contributed by atoms with van der Waals surface area (Å²) in [6.45, 7) is 2.09. The Labute approximate surface area is 94.6 Å². The number of carboxylic acids is 2. The van der Waals surface area contributed by atoms with Gasteiger partial charge in [-0.05, 0) is 30.8 Å². The SMILES string of the molecule is O=C(O)C(F)(F)F.O=C(O)C[C@@H]1[C@@H]2CNC[C@@H]21. The molecule has 0 amide bonds. The quantitative estimate of drug-likeness (QED) is 0.671. The highest BCUT2D eigenvalue weighted by atomic mass is 19.4. The maximum atomic E-state index is 10.6. The topological polar surface area (TPSA) is 86.6 Å². The molecule has 2 aliphatic rings. The molecular formula is C9H12F3NO4. The lowest BCUT2D eigenvalue weighted by Crippen LogP contribution is -2.21. The summed E-state index contributed by atoms with van der Waals surface area (Å²) in [6, 6.07) is 0. The monoisotopic (exact) mass is 255 g/mol. The predicted molar refractivity (Wildman–Crippen MR) is 49.3 cm³/mol. The van der Waals surface area contributed by atoms with E-state index in [-0.39, 0.29) is 0 Å². The van der Waals surface area contributed by atoms with Crippen LogP contribution < -0.4 is 5.32 Å². The van der Waals surface area contributed by atoms with Gasteiger partial charge >= 0.3 is 18.1 Å². The summed E-state index contributed by atoms with van der Waals surface area (Å²) >= 11 is 0. The second-order valence-electron chi connectivity index (χ2n) is 4.05. The highest BCUT2D eigenvalue weighted by Crippen LogP contribution is 2.50. The number of carboxylic acid groups (broad SMARTS) is 2. The second-order valence-corrected chi connectivity index (χ2v) is 4.05. The van der Waals surface area contributed by atoms with Crippen LogP contribution in [0.5, 0.6) is 0 Å². The summed E-state index contributed by atoms with van der Waals surface area (Å²) in [6.07, 6.45) is -4.70. The molecule has 0 aromatic rings. The average Bonchev–Trinajstić information content (AvgIpc) is 2.59. The molecule has 98 valence electrons. The molecule has 1 heterocycles. The molecular weight excluding hydrogens is 243 g/mol. The van der Waals surface area contributed by atoms with Crippen LogP contribution >= 0.6 is 0 Å². The van der Waals surface area contributed by atoms with Crippen LogP contribution in [0.25, 0.3) is 0 Å². The van der Waals surface area contributed by atoms with Gasteiger partial charge in [0.05, 0.1) is 0 Å². The fourth-order valence-corrected chi connectivity index (χ4v) is 2.05. The average molecular weight is 255 g/mol. The van der Waals surface area contributed by atoms with E-state index >= 15 is 0 Å². The van der Waals surface area contributed by atoms with E-state index in [0.29, 0.717) is 24.2 Å². The van der Waals surface area contributed by atoms with Crippen molar-refractivity contribution in [3.63, 3.8) is 0 Å². The van der Waals surface area contributed by atoms with Gasteiger partial charge in [-0.15, -0.1) is 0 Å². The highest BCUT2D eigenvalue weighted by molar-refractivity contribution is 5.73. The summed E-state index contributed by atoms with van der Waals surface area (Å²) in [5.41, 5.74) is 0. The first-order valence-corrected chi connectivity index (χ1v) is 4.96. The first-order chi connectivity index (χ1) is 7.73. The molecule has 1 saturated carbocycles. The number of piperidine rings is 1. The molecule has 0 unspecified atom stereocenters. The Bertz CT molecular complexity index is 308. The van der Waals surface area contributed by atoms with Gasteiger partial charge in [-0.3, -0.25) is 4.79 Å². The van der Waals surface area contributed by atoms with E-state index < -0.39 is 18.1 Å². The van der Waals surface area contributed by atoms with Gasteiger partial charge in [-0.25, -0.2) is 4.79 Å². The molecule has 0 aromatic heterocycles. The van der Waals surface area contributed by atoms with Crippen molar-refractivity contribution in [1.82, 2.24) is 5.32 Å². The van der Waals surface area contributed by atoms with Crippen LogP contribution in [0.15, 0.2) is 0 Å². The van der Waals surface area contributed by atoms with Crippen molar-refractivity contribution >= 4 is 11.9 Å². The minimum Gasteiger partial charge on any atom is -0.481 e. The molecule has 8 heteroatoms. The highest BCUT2D eigenvalue weighted by Gasteiger charge is 2.53. The van der Waals surface area contributed by atoms with E-state index in [1.165, 1.54) is 0 Å². The van der Waals surface area contributed by atoms with Gasteiger partial charge in [0.2, 0.25) is 0 Å². The lowest BCUT2D eigenvalue weighted by Gasteiger charge is -1.98. The Morgan fingerprint density at radius 1 is 1.18 bits per heavy atom. The van der Waals surface area contributed by atoms with Gasteiger partial charge < -0.3 is 15.5 Å². The number of rotatable bonds is 2. The summed E-state index contributed by atoms with van der Waals surface area (Å²) in [4.78, 5) is 19.2. The molecule has 0 spiro atoms. The molecule has 1 aliphatic heterocycles. The Hall–Kier alpha value is -1.31. The Balaban J connectivity index is 0.000000185. The third kappa shape index (κ3) is 3.88. The maximum absolute atomic E-state index is 10.6. The smallest absolute Gasteiger partial charge is 0.481 e. The predicted octanol–water partition coefficient (Wildman–Crippen LogP) is 0.560. The number of carbonyl (C=O) groups is 2. The van der Waals surface area contributed by atoms with Crippen LogP contribution in [-0.2, 0) is 9.59 Å². The number of nitrogens with one attached hydrogen (secondary N) is 1. The van der Waals surface area contributed by atoms with Crippen LogP contribution in [0.4, 0.5) is 13.2 Å². The van der Waals surface area contributed by atoms with E-state index in [4.69, 9.17) is 15.0 Å². The fourth-order valence-electron chi connectivity index (χ4n) is 2.05. The minimum atomic E-state index is -5.08. The maximum Gasteiger partial charge on any atom is 0.490 e. The molecule has 0 radical (unpaired) electrons. The molecule has 3 atom stereocenters. The molecule has 2 fully saturated rings.